The van der Waals surface area contributed by atoms with E-state index in [9.17, 15) is 8.78 Å². The van der Waals surface area contributed by atoms with Crippen LogP contribution in [-0.4, -0.2) is 48.6 Å². The van der Waals surface area contributed by atoms with Gasteiger partial charge < -0.3 is 15.1 Å². The van der Waals surface area contributed by atoms with Gasteiger partial charge in [0.1, 0.15) is 16.6 Å². The summed E-state index contributed by atoms with van der Waals surface area (Å²) in [6.45, 7) is 7.98. The highest BCUT2D eigenvalue weighted by molar-refractivity contribution is 7.11. The van der Waals surface area contributed by atoms with E-state index < -0.39 is 5.82 Å². The molecule has 1 saturated heterocycles. The third-order valence-electron chi connectivity index (χ3n) is 4.20. The van der Waals surface area contributed by atoms with Crippen LogP contribution in [0, 0.1) is 18.6 Å². The van der Waals surface area contributed by atoms with Crippen molar-refractivity contribution in [1.82, 2.24) is 15.2 Å². The van der Waals surface area contributed by atoms with Crippen LogP contribution in [0.15, 0.2) is 29.4 Å². The lowest BCUT2D eigenvalue weighted by atomic mass is 10.2. The molecule has 1 N–H and O–H groups in total. The number of hydrogen-bond donors (Lipinski definition) is 1. The first-order valence-corrected chi connectivity index (χ1v) is 9.53. The molecule has 8 heteroatoms. The van der Waals surface area contributed by atoms with Crippen molar-refractivity contribution in [3.05, 3.63) is 45.9 Å². The molecule has 0 saturated carbocycles. The molecular weight excluding hydrogens is 356 g/mol. The van der Waals surface area contributed by atoms with Crippen molar-refractivity contribution < 1.29 is 8.78 Å². The second kappa shape index (κ2) is 8.44. The van der Waals surface area contributed by atoms with Crippen LogP contribution in [0.5, 0.6) is 0 Å². The summed E-state index contributed by atoms with van der Waals surface area (Å²) in [6.07, 6.45) is 1.86. The average molecular weight is 379 g/mol. The third-order valence-corrected chi connectivity index (χ3v) is 5.09. The molecule has 0 unspecified atom stereocenters. The molecule has 1 aromatic heterocycles. The van der Waals surface area contributed by atoms with Crippen molar-refractivity contribution in [2.75, 3.05) is 37.6 Å². The number of aliphatic imine (C=N–C) groups is 1. The maximum atomic E-state index is 14.0. The van der Waals surface area contributed by atoms with Crippen molar-refractivity contribution in [2.45, 2.75) is 20.4 Å². The van der Waals surface area contributed by atoms with Gasteiger partial charge in [-0.05, 0) is 26.0 Å². The van der Waals surface area contributed by atoms with Crippen LogP contribution >= 0.6 is 11.3 Å². The normalized spacial score (nSPS) is 15.5. The number of rotatable bonds is 4. The molecule has 0 amide bonds. The molecule has 1 fully saturated rings. The molecule has 2 aromatic rings. The predicted molar refractivity (Wildman–Crippen MR) is 102 cm³/mol. The monoisotopic (exact) mass is 379 g/mol. The van der Waals surface area contributed by atoms with Crippen LogP contribution in [0.1, 0.15) is 16.8 Å². The van der Waals surface area contributed by atoms with Gasteiger partial charge in [0.2, 0.25) is 0 Å². The van der Waals surface area contributed by atoms with Gasteiger partial charge in [0.05, 0.1) is 12.2 Å². The minimum absolute atomic E-state index is 0.324. The van der Waals surface area contributed by atoms with Gasteiger partial charge in [-0.3, -0.25) is 0 Å². The molecule has 0 aliphatic carbocycles. The van der Waals surface area contributed by atoms with Gasteiger partial charge in [-0.2, -0.15) is 0 Å². The molecule has 2 heterocycles. The van der Waals surface area contributed by atoms with Crippen LogP contribution in [-0.2, 0) is 6.54 Å². The van der Waals surface area contributed by atoms with Crippen LogP contribution in [0.2, 0.25) is 0 Å². The number of aryl methyl sites for hydroxylation is 1. The van der Waals surface area contributed by atoms with Gasteiger partial charge >= 0.3 is 0 Å². The fourth-order valence-corrected chi connectivity index (χ4v) is 3.64. The lowest BCUT2D eigenvalue weighted by molar-refractivity contribution is 0.370. The van der Waals surface area contributed by atoms with Crippen LogP contribution in [0.4, 0.5) is 14.5 Å². The minimum Gasteiger partial charge on any atom is -0.366 e. The number of hydrogen-bond acceptors (Lipinski definition) is 4. The Morgan fingerprint density at radius 2 is 2.04 bits per heavy atom. The Labute approximate surface area is 156 Å². The Kier molecular flexibility index (Phi) is 6.03. The summed E-state index contributed by atoms with van der Waals surface area (Å²) in [5, 5.41) is 4.29. The average Bonchev–Trinajstić information content (AvgIpc) is 3.06. The highest BCUT2D eigenvalue weighted by Gasteiger charge is 2.22. The van der Waals surface area contributed by atoms with Crippen molar-refractivity contribution >= 4 is 23.0 Å². The van der Waals surface area contributed by atoms with Crippen LogP contribution in [0.25, 0.3) is 0 Å². The van der Waals surface area contributed by atoms with Gasteiger partial charge in [-0.1, -0.05) is 0 Å². The molecule has 0 bridgehead atoms. The van der Waals surface area contributed by atoms with Crippen molar-refractivity contribution in [3.63, 3.8) is 0 Å². The van der Waals surface area contributed by atoms with E-state index in [2.05, 4.69) is 20.2 Å². The van der Waals surface area contributed by atoms with E-state index >= 15 is 0 Å². The largest absolute Gasteiger partial charge is 0.366 e. The van der Waals surface area contributed by atoms with Crippen LogP contribution in [0.3, 0.4) is 0 Å². The standard InChI is InChI=1S/C18H23F2N5S/c1-3-21-18(23-12-17-22-11-13(2)26-17)25-8-6-24(7-9-25)16-10-14(19)4-5-15(16)20/h4-5,10-11H,3,6-9,12H2,1-2H3,(H,21,23). The zero-order valence-electron chi connectivity index (χ0n) is 15.0. The predicted octanol–water partition coefficient (Wildman–Crippen LogP) is 3.02. The van der Waals surface area contributed by atoms with E-state index in [1.807, 2.05) is 24.9 Å². The lowest BCUT2D eigenvalue weighted by Crippen LogP contribution is -2.52. The van der Waals surface area contributed by atoms with E-state index in [0.717, 1.165) is 23.6 Å². The first kappa shape index (κ1) is 18.6. The molecule has 3 rings (SSSR count). The van der Waals surface area contributed by atoms with E-state index in [1.165, 1.54) is 17.0 Å². The summed E-state index contributed by atoms with van der Waals surface area (Å²) < 4.78 is 27.4. The Balaban J connectivity index is 1.65. The zero-order valence-corrected chi connectivity index (χ0v) is 15.8. The topological polar surface area (TPSA) is 43.8 Å². The smallest absolute Gasteiger partial charge is 0.194 e. The van der Waals surface area contributed by atoms with E-state index in [4.69, 9.17) is 0 Å². The van der Waals surface area contributed by atoms with Gasteiger partial charge in [-0.15, -0.1) is 11.3 Å². The summed E-state index contributed by atoms with van der Waals surface area (Å²) in [5.41, 5.74) is 0.324. The number of thiazole rings is 1. The van der Waals surface area contributed by atoms with E-state index in [0.29, 0.717) is 38.4 Å². The quantitative estimate of drug-likeness (QED) is 0.655. The van der Waals surface area contributed by atoms with Gasteiger partial charge in [-0.25, -0.2) is 18.8 Å². The van der Waals surface area contributed by atoms with Gasteiger partial charge in [0, 0.05) is 49.9 Å². The number of anilines is 1. The second-order valence-corrected chi connectivity index (χ2v) is 7.42. The van der Waals surface area contributed by atoms with E-state index in [1.54, 1.807) is 11.3 Å². The minimum atomic E-state index is -0.419. The number of nitrogens with zero attached hydrogens (tertiary/aromatic N) is 4. The van der Waals surface area contributed by atoms with Crippen molar-refractivity contribution in [3.8, 4) is 0 Å². The number of benzene rings is 1. The molecule has 5 nitrogen and oxygen atoms in total. The first-order chi connectivity index (χ1) is 12.6. The zero-order chi connectivity index (χ0) is 18.5. The maximum Gasteiger partial charge on any atom is 0.194 e. The summed E-state index contributed by atoms with van der Waals surface area (Å²) in [5.74, 6) is 0.0248. The Hall–Kier alpha value is -2.22. The van der Waals surface area contributed by atoms with Gasteiger partial charge in [0.25, 0.3) is 0 Å². The number of halogens is 2. The van der Waals surface area contributed by atoms with Crippen LogP contribution < -0.4 is 10.2 Å². The first-order valence-electron chi connectivity index (χ1n) is 8.71. The molecular formula is C18H23F2N5S. The molecule has 0 spiro atoms. The SMILES string of the molecule is CCNC(=NCc1ncc(C)s1)N1CCN(c2cc(F)ccc2F)CC1. The fourth-order valence-electron chi connectivity index (χ4n) is 2.93. The summed E-state index contributed by atoms with van der Waals surface area (Å²) in [6, 6.07) is 3.58. The second-order valence-electron chi connectivity index (χ2n) is 6.10. The third kappa shape index (κ3) is 4.49. The Morgan fingerprint density at radius 3 is 2.69 bits per heavy atom. The Morgan fingerprint density at radius 1 is 1.27 bits per heavy atom. The summed E-state index contributed by atoms with van der Waals surface area (Å²) in [7, 11) is 0. The fraction of sp³-hybridized carbons (Fsp3) is 0.444. The molecule has 0 atom stereocenters. The molecule has 26 heavy (non-hydrogen) atoms. The number of piperazine rings is 1. The molecule has 1 aromatic carbocycles. The molecule has 140 valence electrons. The van der Waals surface area contributed by atoms with Crippen molar-refractivity contribution in [2.24, 2.45) is 4.99 Å². The van der Waals surface area contributed by atoms with Crippen molar-refractivity contribution in [1.29, 1.82) is 0 Å². The lowest BCUT2D eigenvalue weighted by Gasteiger charge is -2.37. The molecule has 1 aliphatic heterocycles. The molecule has 0 radical (unpaired) electrons. The number of aromatic nitrogens is 1. The molecule has 1 aliphatic rings. The number of nitrogens with one attached hydrogen (secondary N) is 1. The number of guanidine groups is 1. The maximum absolute atomic E-state index is 14.0. The summed E-state index contributed by atoms with van der Waals surface area (Å²) in [4.78, 5) is 14.2. The highest BCUT2D eigenvalue weighted by Crippen LogP contribution is 2.22. The summed E-state index contributed by atoms with van der Waals surface area (Å²) >= 11 is 1.65. The Bertz CT molecular complexity index is 769. The highest BCUT2D eigenvalue weighted by atomic mass is 32.1. The van der Waals surface area contributed by atoms with E-state index in [-0.39, 0.29) is 5.82 Å². The van der Waals surface area contributed by atoms with Gasteiger partial charge in [0.15, 0.2) is 5.96 Å².